The van der Waals surface area contributed by atoms with Gasteiger partial charge in [0.15, 0.2) is 0 Å². The third kappa shape index (κ3) is 2.14. The fourth-order valence-electron chi connectivity index (χ4n) is 5.37. The average molecular weight is 338 g/mol. The Bertz CT molecular complexity index is 772. The number of hydrogen-bond donors (Lipinski definition) is 0. The first-order valence-corrected chi connectivity index (χ1v) is 9.11. The lowest BCUT2D eigenvalue weighted by Crippen LogP contribution is -2.33. The fraction of sp³-hybridized carbons (Fsp3) is 0.409. The van der Waals surface area contributed by atoms with Crippen molar-refractivity contribution in [2.45, 2.75) is 43.9 Å². The molecule has 3 heteroatoms. The molecule has 0 aliphatic heterocycles. The third-order valence-corrected chi connectivity index (χ3v) is 6.85. The topological polar surface area (TPSA) is 17.1 Å². The predicted molar refractivity (Wildman–Crippen MR) is 91.2 cm³/mol. The van der Waals surface area contributed by atoms with E-state index in [0.717, 1.165) is 43.2 Å². The van der Waals surface area contributed by atoms with Crippen molar-refractivity contribution in [1.29, 1.82) is 0 Å². The molecular weight excluding hydrogens is 318 g/mol. The van der Waals surface area contributed by atoms with Gasteiger partial charge in [0.05, 0.1) is 0 Å². The number of rotatable bonds is 2. The van der Waals surface area contributed by atoms with Gasteiger partial charge in [0.25, 0.3) is 0 Å². The summed E-state index contributed by atoms with van der Waals surface area (Å²) >= 11 is 0. The van der Waals surface area contributed by atoms with E-state index in [1.807, 2.05) is 24.3 Å². The second kappa shape index (κ2) is 5.00. The molecule has 0 heterocycles. The van der Waals surface area contributed by atoms with Gasteiger partial charge in [-0.05, 0) is 72.9 Å². The minimum Gasteiger partial charge on any atom is -0.298 e. The molecule has 0 aromatic heterocycles. The van der Waals surface area contributed by atoms with E-state index >= 15 is 0 Å². The first-order chi connectivity index (χ1) is 12.1. The molecule has 0 amide bonds. The maximum Gasteiger partial charge on any atom is 0.146 e. The van der Waals surface area contributed by atoms with Gasteiger partial charge in [0.1, 0.15) is 17.4 Å². The Morgan fingerprint density at radius 2 is 1.12 bits per heavy atom. The SMILES string of the molecule is O=C1[C@]2(CCC[C@@]13C[C@@H]3c1ccc(F)cc1)C[C@@H]2c1ccc(F)cc1. The zero-order valence-electron chi connectivity index (χ0n) is 14.0. The lowest BCUT2D eigenvalue weighted by molar-refractivity contribution is -0.132. The first kappa shape index (κ1) is 15.2. The molecule has 0 radical (unpaired) electrons. The zero-order valence-corrected chi connectivity index (χ0v) is 14.0. The Hall–Kier alpha value is -2.03. The fourth-order valence-corrected chi connectivity index (χ4v) is 5.37. The summed E-state index contributed by atoms with van der Waals surface area (Å²) in [5.74, 6) is 0.432. The molecule has 0 bridgehead atoms. The standard InChI is InChI=1S/C22H20F2O/c23-16-6-2-14(3-7-16)18-12-21(18)10-1-11-22(20(21)25)13-19(22)15-4-8-17(24)9-5-15/h2-9,18-19H,1,10-13H2/t18-,19-,21-,22+/m1/s1. The van der Waals surface area contributed by atoms with E-state index in [1.54, 1.807) is 0 Å². The van der Waals surface area contributed by atoms with Crippen LogP contribution in [-0.4, -0.2) is 5.78 Å². The Morgan fingerprint density at radius 1 is 0.720 bits per heavy atom. The van der Waals surface area contributed by atoms with Crippen LogP contribution >= 0.6 is 0 Å². The van der Waals surface area contributed by atoms with Gasteiger partial charge >= 0.3 is 0 Å². The summed E-state index contributed by atoms with van der Waals surface area (Å²) < 4.78 is 26.4. The lowest BCUT2D eigenvalue weighted by atomic mass is 9.72. The molecule has 3 fully saturated rings. The van der Waals surface area contributed by atoms with E-state index in [2.05, 4.69) is 0 Å². The summed E-state index contributed by atoms with van der Waals surface area (Å²) in [7, 11) is 0. The molecule has 0 N–H and O–H groups in total. The zero-order chi connectivity index (χ0) is 17.2. The number of Topliss-reactive ketones (excluding diaryl/α,β-unsaturated/α-hetero) is 1. The van der Waals surface area contributed by atoms with Gasteiger partial charge in [-0.3, -0.25) is 4.79 Å². The summed E-state index contributed by atoms with van der Waals surface area (Å²) in [5, 5.41) is 0. The van der Waals surface area contributed by atoms with Gasteiger partial charge < -0.3 is 0 Å². The van der Waals surface area contributed by atoms with E-state index in [-0.39, 0.29) is 34.3 Å². The Kier molecular flexibility index (Phi) is 3.05. The number of carbonyl (C=O) groups is 1. The molecule has 2 aromatic carbocycles. The Labute approximate surface area is 146 Å². The smallest absolute Gasteiger partial charge is 0.146 e. The highest BCUT2D eigenvalue weighted by atomic mass is 19.1. The van der Waals surface area contributed by atoms with Crippen LogP contribution in [0.25, 0.3) is 0 Å². The van der Waals surface area contributed by atoms with Crippen LogP contribution < -0.4 is 0 Å². The highest BCUT2D eigenvalue weighted by molar-refractivity contribution is 5.98. The quantitative estimate of drug-likeness (QED) is 0.720. The molecular formula is C22H20F2O. The number of benzene rings is 2. The molecule has 128 valence electrons. The molecule has 3 saturated carbocycles. The van der Waals surface area contributed by atoms with E-state index in [0.29, 0.717) is 5.78 Å². The summed E-state index contributed by atoms with van der Waals surface area (Å²) in [6, 6.07) is 13.3. The summed E-state index contributed by atoms with van der Waals surface area (Å²) in [6.07, 6.45) is 4.77. The van der Waals surface area contributed by atoms with Crippen LogP contribution in [0.1, 0.15) is 55.1 Å². The van der Waals surface area contributed by atoms with E-state index in [4.69, 9.17) is 0 Å². The summed E-state index contributed by atoms with van der Waals surface area (Å²) in [4.78, 5) is 13.4. The first-order valence-electron chi connectivity index (χ1n) is 9.11. The van der Waals surface area contributed by atoms with Crippen LogP contribution in [-0.2, 0) is 4.79 Å². The maximum atomic E-state index is 13.4. The van der Waals surface area contributed by atoms with E-state index in [1.165, 1.54) is 24.3 Å². The average Bonchev–Trinajstić information content (AvgIpc) is 3.51. The lowest BCUT2D eigenvalue weighted by Gasteiger charge is -2.30. The van der Waals surface area contributed by atoms with Gasteiger partial charge in [0, 0.05) is 10.8 Å². The van der Waals surface area contributed by atoms with Crippen LogP contribution in [0.15, 0.2) is 48.5 Å². The number of halogens is 2. The van der Waals surface area contributed by atoms with Crippen molar-refractivity contribution < 1.29 is 13.6 Å². The van der Waals surface area contributed by atoms with Crippen molar-refractivity contribution in [3.8, 4) is 0 Å². The molecule has 25 heavy (non-hydrogen) atoms. The molecule has 3 aliphatic rings. The van der Waals surface area contributed by atoms with Gasteiger partial charge in [-0.1, -0.05) is 30.7 Å². The third-order valence-electron chi connectivity index (χ3n) is 6.85. The number of carbonyl (C=O) groups excluding carboxylic acids is 1. The second-order valence-electron chi connectivity index (χ2n) is 8.11. The van der Waals surface area contributed by atoms with Crippen molar-refractivity contribution in [3.63, 3.8) is 0 Å². The molecule has 0 unspecified atom stereocenters. The molecule has 1 nitrogen and oxygen atoms in total. The maximum absolute atomic E-state index is 13.4. The largest absolute Gasteiger partial charge is 0.298 e. The molecule has 2 spiro atoms. The number of ketones is 1. The minimum atomic E-state index is -0.233. The predicted octanol–water partition coefficient (Wildman–Crippen LogP) is 5.37. The van der Waals surface area contributed by atoms with Crippen LogP contribution in [0.4, 0.5) is 8.78 Å². The highest BCUT2D eigenvalue weighted by Gasteiger charge is 2.72. The van der Waals surface area contributed by atoms with Crippen molar-refractivity contribution >= 4 is 5.78 Å². The van der Waals surface area contributed by atoms with Gasteiger partial charge in [-0.25, -0.2) is 8.78 Å². The van der Waals surface area contributed by atoms with E-state index in [9.17, 15) is 13.6 Å². The van der Waals surface area contributed by atoms with Gasteiger partial charge in [-0.2, -0.15) is 0 Å². The second-order valence-corrected chi connectivity index (χ2v) is 8.11. The Morgan fingerprint density at radius 3 is 1.52 bits per heavy atom. The van der Waals surface area contributed by atoms with Crippen molar-refractivity contribution in [3.05, 3.63) is 71.3 Å². The van der Waals surface area contributed by atoms with Gasteiger partial charge in [0.2, 0.25) is 0 Å². The van der Waals surface area contributed by atoms with E-state index < -0.39 is 0 Å². The van der Waals surface area contributed by atoms with Crippen LogP contribution in [0.2, 0.25) is 0 Å². The normalized spacial score (nSPS) is 36.0. The van der Waals surface area contributed by atoms with Crippen molar-refractivity contribution in [2.24, 2.45) is 10.8 Å². The molecule has 5 rings (SSSR count). The molecule has 2 aromatic rings. The van der Waals surface area contributed by atoms with Crippen molar-refractivity contribution in [1.82, 2.24) is 0 Å². The molecule has 0 saturated heterocycles. The van der Waals surface area contributed by atoms with Crippen LogP contribution in [0.3, 0.4) is 0 Å². The minimum absolute atomic E-state index is 0.231. The number of hydrogen-bond acceptors (Lipinski definition) is 1. The summed E-state index contributed by atoms with van der Waals surface area (Å²) in [6.45, 7) is 0. The summed E-state index contributed by atoms with van der Waals surface area (Å²) in [5.41, 5.74) is 1.71. The monoisotopic (exact) mass is 338 g/mol. The van der Waals surface area contributed by atoms with Crippen molar-refractivity contribution in [2.75, 3.05) is 0 Å². The van der Waals surface area contributed by atoms with Crippen LogP contribution in [0, 0.1) is 22.5 Å². The highest BCUT2D eigenvalue weighted by Crippen LogP contribution is 2.75. The van der Waals surface area contributed by atoms with Crippen LogP contribution in [0.5, 0.6) is 0 Å². The molecule has 4 atom stereocenters. The molecule has 3 aliphatic carbocycles. The van der Waals surface area contributed by atoms with Gasteiger partial charge in [-0.15, -0.1) is 0 Å². The Balaban J connectivity index is 1.41.